The first-order chi connectivity index (χ1) is 16.4. The van der Waals surface area contributed by atoms with Crippen LogP contribution in [0.4, 0.5) is 0 Å². The summed E-state index contributed by atoms with van der Waals surface area (Å²) in [6, 6.07) is 18.5. The van der Waals surface area contributed by atoms with E-state index in [9.17, 15) is 4.79 Å². The van der Waals surface area contributed by atoms with E-state index < -0.39 is 0 Å². The third-order valence-electron chi connectivity index (χ3n) is 6.59. The molecular weight excluding hydrogens is 422 g/mol. The van der Waals surface area contributed by atoms with Crippen molar-refractivity contribution in [3.05, 3.63) is 65.7 Å². The Labute approximate surface area is 207 Å². The maximum Gasteiger partial charge on any atom is 0.364 e. The molecular formula is C30H46NO3+. The van der Waals surface area contributed by atoms with E-state index in [0.717, 1.165) is 31.6 Å². The number of carbonyl (C=O) groups is 1. The van der Waals surface area contributed by atoms with Gasteiger partial charge in [0, 0.05) is 5.56 Å². The molecule has 0 aliphatic carbocycles. The predicted molar refractivity (Wildman–Crippen MR) is 141 cm³/mol. The number of nitrogens with zero attached hydrogens (tertiary/aromatic N) is 1. The lowest BCUT2D eigenvalue weighted by molar-refractivity contribution is -0.917. The van der Waals surface area contributed by atoms with Crippen molar-refractivity contribution in [2.24, 2.45) is 0 Å². The van der Waals surface area contributed by atoms with E-state index in [1.807, 2.05) is 31.2 Å². The molecule has 0 saturated heterocycles. The Balaban J connectivity index is 1.60. The van der Waals surface area contributed by atoms with Crippen molar-refractivity contribution < 1.29 is 18.8 Å². The van der Waals surface area contributed by atoms with Gasteiger partial charge in [0.2, 0.25) is 0 Å². The maximum absolute atomic E-state index is 12.6. The van der Waals surface area contributed by atoms with Crippen LogP contribution in [0.3, 0.4) is 0 Å². The zero-order chi connectivity index (χ0) is 24.7. The first-order valence-corrected chi connectivity index (χ1v) is 13.2. The number of likely N-dealkylation sites (N-methyl/N-ethyl adjacent to an activating group) is 1. The number of hydrogen-bond acceptors (Lipinski definition) is 3. The van der Waals surface area contributed by atoms with Crippen LogP contribution < -0.4 is 4.74 Å². The number of unbranched alkanes of at least 4 members (excludes halogenated alkanes) is 6. The van der Waals surface area contributed by atoms with Gasteiger partial charge < -0.3 is 14.0 Å². The fourth-order valence-electron chi connectivity index (χ4n) is 4.06. The van der Waals surface area contributed by atoms with Crippen LogP contribution in [0.1, 0.15) is 76.3 Å². The second-order valence-electron chi connectivity index (χ2n) is 9.99. The molecule has 0 amide bonds. The summed E-state index contributed by atoms with van der Waals surface area (Å²) in [5.41, 5.74) is 2.58. The Morgan fingerprint density at radius 2 is 1.50 bits per heavy atom. The smallest absolute Gasteiger partial charge is 0.364 e. The summed E-state index contributed by atoms with van der Waals surface area (Å²) < 4.78 is 12.1. The molecule has 1 unspecified atom stereocenters. The van der Waals surface area contributed by atoms with Crippen LogP contribution in [-0.4, -0.2) is 43.8 Å². The van der Waals surface area contributed by atoms with Gasteiger partial charge >= 0.3 is 5.97 Å². The number of aryl methyl sites for hydroxylation is 1. The maximum atomic E-state index is 12.6. The molecule has 0 radical (unpaired) electrons. The number of quaternary nitrogens is 1. The normalized spacial score (nSPS) is 12.4. The van der Waals surface area contributed by atoms with Gasteiger partial charge in [-0.1, -0.05) is 81.5 Å². The molecule has 0 saturated carbocycles. The van der Waals surface area contributed by atoms with Crippen LogP contribution in [0.5, 0.6) is 5.75 Å². The third kappa shape index (κ3) is 10.7. The van der Waals surface area contributed by atoms with E-state index >= 15 is 0 Å². The molecule has 4 nitrogen and oxygen atoms in total. The summed E-state index contributed by atoms with van der Waals surface area (Å²) >= 11 is 0. The second-order valence-corrected chi connectivity index (χ2v) is 9.99. The lowest BCUT2D eigenvalue weighted by Gasteiger charge is -2.34. The Kier molecular flexibility index (Phi) is 12.8. The topological polar surface area (TPSA) is 35.5 Å². The van der Waals surface area contributed by atoms with Crippen molar-refractivity contribution in [2.75, 3.05) is 27.3 Å². The monoisotopic (exact) mass is 468 g/mol. The van der Waals surface area contributed by atoms with Gasteiger partial charge in [0.15, 0.2) is 6.04 Å². The molecule has 2 aromatic carbocycles. The molecule has 1 atom stereocenters. The second kappa shape index (κ2) is 15.5. The molecule has 4 heteroatoms. The van der Waals surface area contributed by atoms with E-state index in [1.54, 1.807) is 0 Å². The van der Waals surface area contributed by atoms with Crippen LogP contribution in [-0.2, 0) is 22.5 Å². The number of rotatable bonds is 17. The summed E-state index contributed by atoms with van der Waals surface area (Å²) in [5, 5.41) is 0. The number of carbonyl (C=O) groups excluding carboxylic acids is 1. The Bertz CT molecular complexity index is 819. The quantitative estimate of drug-likeness (QED) is 0.143. The fraction of sp³-hybridized carbons (Fsp3) is 0.567. The Morgan fingerprint density at radius 3 is 2.26 bits per heavy atom. The minimum absolute atomic E-state index is 0.135. The fourth-order valence-corrected chi connectivity index (χ4v) is 4.06. The van der Waals surface area contributed by atoms with Crippen molar-refractivity contribution in [2.45, 2.75) is 84.2 Å². The van der Waals surface area contributed by atoms with Crippen LogP contribution in [0.25, 0.3) is 0 Å². The lowest BCUT2D eigenvalue weighted by Crippen LogP contribution is -2.51. The highest BCUT2D eigenvalue weighted by Gasteiger charge is 2.32. The number of hydrogen-bond donors (Lipinski definition) is 0. The molecule has 0 aliphatic heterocycles. The molecule has 0 heterocycles. The van der Waals surface area contributed by atoms with Gasteiger partial charge in [0.1, 0.15) is 12.3 Å². The largest absolute Gasteiger partial charge is 0.494 e. The molecule has 0 aliphatic rings. The highest BCUT2D eigenvalue weighted by atomic mass is 16.5. The van der Waals surface area contributed by atoms with Gasteiger partial charge in [0.05, 0.1) is 27.3 Å². The van der Waals surface area contributed by atoms with Crippen molar-refractivity contribution >= 4 is 5.97 Å². The van der Waals surface area contributed by atoms with Crippen LogP contribution in [0.2, 0.25) is 0 Å². The minimum Gasteiger partial charge on any atom is -0.494 e. The molecule has 0 fully saturated rings. The zero-order valence-corrected chi connectivity index (χ0v) is 21.9. The van der Waals surface area contributed by atoms with Crippen molar-refractivity contribution in [1.82, 2.24) is 0 Å². The van der Waals surface area contributed by atoms with Gasteiger partial charge in [-0.3, -0.25) is 0 Å². The summed E-state index contributed by atoms with van der Waals surface area (Å²) in [6.45, 7) is 6.08. The van der Waals surface area contributed by atoms with Gasteiger partial charge in [-0.15, -0.1) is 0 Å². The molecule has 188 valence electrons. The summed E-state index contributed by atoms with van der Waals surface area (Å²) in [7, 11) is 4.15. The average molecular weight is 469 g/mol. The van der Waals surface area contributed by atoms with Crippen molar-refractivity contribution in [3.63, 3.8) is 0 Å². The Morgan fingerprint density at radius 1 is 0.824 bits per heavy atom. The Hall–Kier alpha value is -2.33. The predicted octanol–water partition coefficient (Wildman–Crippen LogP) is 6.96. The molecule has 0 N–H and O–H groups in total. The summed E-state index contributed by atoms with van der Waals surface area (Å²) in [6.07, 6.45) is 10.7. The minimum atomic E-state index is -0.217. The van der Waals surface area contributed by atoms with Crippen molar-refractivity contribution in [1.29, 1.82) is 0 Å². The lowest BCUT2D eigenvalue weighted by atomic mass is 10.0. The van der Waals surface area contributed by atoms with Crippen molar-refractivity contribution in [3.8, 4) is 5.75 Å². The van der Waals surface area contributed by atoms with E-state index in [1.165, 1.54) is 49.7 Å². The number of ether oxygens (including phenoxy) is 2. The number of benzene rings is 2. The van der Waals surface area contributed by atoms with E-state index in [4.69, 9.17) is 9.47 Å². The van der Waals surface area contributed by atoms with Crippen LogP contribution >= 0.6 is 0 Å². The van der Waals surface area contributed by atoms with E-state index in [2.05, 4.69) is 51.4 Å². The van der Waals surface area contributed by atoms with E-state index in [-0.39, 0.29) is 12.0 Å². The molecule has 2 aromatic rings. The standard InChI is InChI=1S/C30H46NO3/c1-5-6-7-8-9-11-17-27-20-16-21-29(24-27)33-22-14-15-23-34-30(32)26(2)31(3,4)25-28-18-12-10-13-19-28/h10,12-13,16,18-21,24,26H,5-9,11,14-15,17,22-23,25H2,1-4H3/q+1. The van der Waals surface area contributed by atoms with Crippen LogP contribution in [0, 0.1) is 0 Å². The molecule has 2 rings (SSSR count). The zero-order valence-electron chi connectivity index (χ0n) is 21.9. The number of esters is 1. The highest BCUT2D eigenvalue weighted by Crippen LogP contribution is 2.17. The SMILES string of the molecule is CCCCCCCCc1cccc(OCCCCOC(=O)C(C)[N+](C)(C)Cc2ccccc2)c1. The molecule has 0 bridgehead atoms. The van der Waals surface area contributed by atoms with Gasteiger partial charge in [-0.05, 0) is 50.3 Å². The third-order valence-corrected chi connectivity index (χ3v) is 6.59. The molecule has 34 heavy (non-hydrogen) atoms. The average Bonchev–Trinajstić information content (AvgIpc) is 2.83. The van der Waals surface area contributed by atoms with E-state index in [0.29, 0.717) is 17.7 Å². The van der Waals surface area contributed by atoms with Gasteiger partial charge in [-0.2, -0.15) is 0 Å². The first-order valence-electron chi connectivity index (χ1n) is 13.2. The first kappa shape index (κ1) is 27.9. The van der Waals surface area contributed by atoms with Gasteiger partial charge in [0.25, 0.3) is 0 Å². The molecule has 0 aromatic heterocycles. The summed E-state index contributed by atoms with van der Waals surface area (Å²) in [4.78, 5) is 12.6. The highest BCUT2D eigenvalue weighted by molar-refractivity contribution is 5.74. The van der Waals surface area contributed by atoms with Gasteiger partial charge in [-0.25, -0.2) is 4.79 Å². The molecule has 0 spiro atoms. The summed E-state index contributed by atoms with van der Waals surface area (Å²) in [5.74, 6) is 0.804. The van der Waals surface area contributed by atoms with Crippen LogP contribution in [0.15, 0.2) is 54.6 Å².